The Hall–Kier alpha value is -1.31. The van der Waals surface area contributed by atoms with Crippen molar-refractivity contribution in [2.24, 2.45) is 0 Å². The van der Waals surface area contributed by atoms with Gasteiger partial charge in [0.15, 0.2) is 0 Å². The first-order valence-electron chi connectivity index (χ1n) is 4.04. The fourth-order valence-electron chi connectivity index (χ4n) is 1.34. The van der Waals surface area contributed by atoms with Crippen LogP contribution in [0.25, 0.3) is 0 Å². The summed E-state index contributed by atoms with van der Waals surface area (Å²) in [4.78, 5) is 12.8. The molecular weight excluding hydrogens is 138 g/mol. The molecule has 1 aromatic carbocycles. The van der Waals surface area contributed by atoms with E-state index in [0.717, 1.165) is 11.3 Å². The normalized spacial score (nSPS) is 16.6. The van der Waals surface area contributed by atoms with Crippen molar-refractivity contribution in [3.8, 4) is 0 Å². The lowest BCUT2D eigenvalue weighted by atomic mass is 10.2. The van der Waals surface area contributed by atoms with Crippen LogP contribution in [0.5, 0.6) is 0 Å². The van der Waals surface area contributed by atoms with Crippen molar-refractivity contribution in [3.05, 3.63) is 29.8 Å². The van der Waals surface area contributed by atoms with Gasteiger partial charge in [-0.1, -0.05) is 18.2 Å². The Kier molecular flexibility index (Phi) is 1.02. The van der Waals surface area contributed by atoms with E-state index in [1.807, 2.05) is 6.07 Å². The highest BCUT2D eigenvalue weighted by Crippen LogP contribution is 2.26. The van der Waals surface area contributed by atoms with E-state index in [0.29, 0.717) is 12.5 Å². The highest BCUT2D eigenvalue weighted by atomic mass is 16.2. The number of para-hydroxylation sites is 1. The lowest BCUT2D eigenvalue weighted by molar-refractivity contribution is -0.117. The van der Waals surface area contributed by atoms with E-state index >= 15 is 0 Å². The van der Waals surface area contributed by atoms with Crippen LogP contribution < -0.4 is 4.90 Å². The zero-order chi connectivity index (χ0) is 8.72. The minimum Gasteiger partial charge on any atom is -0.315 e. The van der Waals surface area contributed by atoms with Crippen LogP contribution in [0, 0.1) is 0 Å². The van der Waals surface area contributed by atoms with Crippen LogP contribution in [-0.4, -0.2) is 13.0 Å². The molecule has 0 bridgehead atoms. The lowest BCUT2D eigenvalue weighted by Crippen LogP contribution is -2.20. The molecule has 0 aliphatic carbocycles. The van der Waals surface area contributed by atoms with Gasteiger partial charge in [0.25, 0.3) is 0 Å². The summed E-state index contributed by atoms with van der Waals surface area (Å²) >= 11 is 0. The molecule has 2 nitrogen and oxygen atoms in total. The Labute approximate surface area is 66.8 Å². The molecule has 1 aliphatic rings. The summed E-state index contributed by atoms with van der Waals surface area (Å²) in [6, 6.07) is 5.74. The molecule has 0 N–H and O–H groups in total. The number of amides is 1. The largest absolute Gasteiger partial charge is 0.315 e. The van der Waals surface area contributed by atoms with E-state index in [1.165, 1.54) is 0 Å². The van der Waals surface area contributed by atoms with Crippen LogP contribution in [-0.2, 0) is 11.2 Å². The van der Waals surface area contributed by atoms with Crippen molar-refractivity contribution in [1.29, 1.82) is 0 Å². The predicted molar refractivity (Wildman–Crippen MR) is 43.6 cm³/mol. The van der Waals surface area contributed by atoms with Crippen molar-refractivity contribution in [2.45, 2.75) is 6.42 Å². The Morgan fingerprint density at radius 2 is 2.45 bits per heavy atom. The summed E-state index contributed by atoms with van der Waals surface area (Å²) in [6.07, 6.45) is 0.443. The minimum atomic E-state index is 0.107. The molecule has 0 atom stereocenters. The van der Waals surface area contributed by atoms with E-state index in [2.05, 4.69) is 0 Å². The molecule has 56 valence electrons. The molecule has 1 aromatic rings. The monoisotopic (exact) mass is 148 g/mol. The molecule has 11 heavy (non-hydrogen) atoms. The average Bonchev–Trinajstić information content (AvgIpc) is 2.28. The average molecular weight is 148 g/mol. The number of hydrogen-bond donors (Lipinski definition) is 0. The van der Waals surface area contributed by atoms with Crippen LogP contribution in [0.1, 0.15) is 6.93 Å². The zero-order valence-corrected chi connectivity index (χ0v) is 6.29. The second kappa shape index (κ2) is 2.09. The Balaban J connectivity index is 2.54. The molecule has 0 spiro atoms. The Morgan fingerprint density at radius 3 is 3.27 bits per heavy atom. The number of anilines is 1. The first-order chi connectivity index (χ1) is 5.68. The zero-order valence-electron chi connectivity index (χ0n) is 7.29. The van der Waals surface area contributed by atoms with Crippen LogP contribution in [0.2, 0.25) is 0 Å². The van der Waals surface area contributed by atoms with Gasteiger partial charge in [-0.3, -0.25) is 4.79 Å². The van der Waals surface area contributed by atoms with Gasteiger partial charge in [0.05, 0.1) is 7.79 Å². The van der Waals surface area contributed by atoms with Gasteiger partial charge >= 0.3 is 0 Å². The number of fused-ring (bicyclic) bond motifs is 1. The smallest absolute Gasteiger partial charge is 0.231 e. The molecule has 0 saturated heterocycles. The van der Waals surface area contributed by atoms with Crippen LogP contribution in [0.15, 0.2) is 24.2 Å². The molecule has 0 aromatic heterocycles. The van der Waals surface area contributed by atoms with Gasteiger partial charge in [0.1, 0.15) is 0 Å². The number of carbonyl (C=O) groups is 1. The lowest BCUT2D eigenvalue weighted by Gasteiger charge is -2.08. The maximum atomic E-state index is 11.2. The van der Waals surface area contributed by atoms with Crippen molar-refractivity contribution < 1.29 is 6.17 Å². The third-order valence-electron chi connectivity index (χ3n) is 2.00. The fourth-order valence-corrected chi connectivity index (χ4v) is 1.34. The first kappa shape index (κ1) is 5.35. The Bertz CT molecular complexity index is 348. The highest BCUT2D eigenvalue weighted by Gasteiger charge is 2.22. The number of carbonyl (C=O) groups excluding carboxylic acids is 1. The van der Waals surface area contributed by atoms with E-state index in [4.69, 9.17) is 1.37 Å². The third-order valence-corrected chi connectivity index (χ3v) is 2.00. The van der Waals surface area contributed by atoms with Crippen LogP contribution in [0.3, 0.4) is 0 Å². The SMILES string of the molecule is [2H]c1ccc2c(c1)CC(=O)N2C. The summed E-state index contributed by atoms with van der Waals surface area (Å²) in [6.45, 7) is 0. The van der Waals surface area contributed by atoms with Gasteiger partial charge in [-0.15, -0.1) is 0 Å². The van der Waals surface area contributed by atoms with Crippen molar-refractivity contribution >= 4 is 11.6 Å². The first-order valence-corrected chi connectivity index (χ1v) is 3.54. The molecule has 0 unspecified atom stereocenters. The number of rotatable bonds is 0. The van der Waals surface area contributed by atoms with Gasteiger partial charge in [-0.05, 0) is 11.6 Å². The van der Waals surface area contributed by atoms with Crippen molar-refractivity contribution in [2.75, 3.05) is 11.9 Å². The summed E-state index contributed by atoms with van der Waals surface area (Å²) < 4.78 is 7.37. The molecule has 1 aliphatic heterocycles. The van der Waals surface area contributed by atoms with E-state index < -0.39 is 0 Å². The summed E-state index contributed by atoms with van der Waals surface area (Å²) in [5.74, 6) is 0.107. The molecule has 2 heteroatoms. The highest BCUT2D eigenvalue weighted by molar-refractivity contribution is 6.00. The molecular formula is C9H9NO. The standard InChI is InChI=1S/C9H9NO/c1-10-8-5-3-2-4-7(8)6-9(10)11/h2-5H,6H2,1H3/i2D. The third kappa shape index (κ3) is 0.827. The van der Waals surface area contributed by atoms with Crippen molar-refractivity contribution in [1.82, 2.24) is 0 Å². The van der Waals surface area contributed by atoms with Crippen LogP contribution >= 0.6 is 0 Å². The number of likely N-dealkylation sites (N-methyl/N-ethyl adjacent to an activating group) is 1. The summed E-state index contributed by atoms with van der Waals surface area (Å²) in [7, 11) is 1.76. The van der Waals surface area contributed by atoms with Crippen LogP contribution in [0.4, 0.5) is 5.69 Å². The maximum Gasteiger partial charge on any atom is 0.231 e. The van der Waals surface area contributed by atoms with Gasteiger partial charge in [0, 0.05) is 12.7 Å². The van der Waals surface area contributed by atoms with Gasteiger partial charge in [-0.2, -0.15) is 0 Å². The quantitative estimate of drug-likeness (QED) is 0.541. The summed E-state index contributed by atoms with van der Waals surface area (Å²) in [5, 5.41) is 0. The molecule has 0 fully saturated rings. The second-order valence-electron chi connectivity index (χ2n) is 2.68. The topological polar surface area (TPSA) is 20.3 Å². The molecule has 1 heterocycles. The van der Waals surface area contributed by atoms with Gasteiger partial charge < -0.3 is 4.90 Å². The molecule has 2 rings (SSSR count). The predicted octanol–water partition coefficient (Wildman–Crippen LogP) is 1.21. The molecule has 0 saturated carbocycles. The summed E-state index contributed by atoms with van der Waals surface area (Å²) in [5.41, 5.74) is 1.91. The number of benzene rings is 1. The Morgan fingerprint density at radius 1 is 1.64 bits per heavy atom. The minimum absolute atomic E-state index is 0.107. The van der Waals surface area contributed by atoms with Crippen molar-refractivity contribution in [3.63, 3.8) is 0 Å². The number of hydrogen-bond acceptors (Lipinski definition) is 1. The van der Waals surface area contributed by atoms with E-state index in [1.54, 1.807) is 24.1 Å². The van der Waals surface area contributed by atoms with Gasteiger partial charge in [-0.25, -0.2) is 0 Å². The van der Waals surface area contributed by atoms with Gasteiger partial charge in [0.2, 0.25) is 5.91 Å². The molecule has 0 radical (unpaired) electrons. The second-order valence-corrected chi connectivity index (χ2v) is 2.68. The maximum absolute atomic E-state index is 11.2. The van der Waals surface area contributed by atoms with E-state index in [-0.39, 0.29) is 5.91 Å². The van der Waals surface area contributed by atoms with E-state index in [9.17, 15) is 4.79 Å². The number of nitrogens with zero attached hydrogens (tertiary/aromatic N) is 1. The fraction of sp³-hybridized carbons (Fsp3) is 0.222. The molecule has 1 amide bonds.